The highest BCUT2D eigenvalue weighted by Crippen LogP contribution is 2.23. The van der Waals surface area contributed by atoms with Crippen LogP contribution in [0.4, 0.5) is 0 Å². The molecule has 1 fully saturated rings. The molecule has 1 N–H and O–H groups in total. The minimum absolute atomic E-state index is 0.00862. The molecule has 7 heteroatoms. The van der Waals surface area contributed by atoms with Gasteiger partial charge in [-0.2, -0.15) is 0 Å². The molecular formula is C21H29N3O4. The van der Waals surface area contributed by atoms with Crippen molar-refractivity contribution in [3.63, 3.8) is 0 Å². The standard InChI is InChI=1S/C21H29N3O4/c1-14(2)18-11-19(28-23-18)21(26)24-10-4-5-16(13-24)7-9-20(25)22-12-17-8-6-15(3)27-17/h6,8,11,14,16H,4-5,7,9-10,12-13H2,1-3H3,(H,22,25). The molecule has 0 bridgehead atoms. The summed E-state index contributed by atoms with van der Waals surface area (Å²) in [4.78, 5) is 26.6. The Morgan fingerprint density at radius 1 is 1.36 bits per heavy atom. The third-order valence-corrected chi connectivity index (χ3v) is 5.17. The molecule has 1 aliphatic rings. The van der Waals surface area contributed by atoms with Gasteiger partial charge >= 0.3 is 0 Å². The minimum atomic E-state index is -0.109. The average molecular weight is 387 g/mol. The van der Waals surface area contributed by atoms with Crippen molar-refractivity contribution in [3.8, 4) is 0 Å². The van der Waals surface area contributed by atoms with Crippen LogP contribution in [0.2, 0.25) is 0 Å². The van der Waals surface area contributed by atoms with E-state index in [-0.39, 0.29) is 17.7 Å². The van der Waals surface area contributed by atoms with Crippen LogP contribution in [-0.4, -0.2) is 35.0 Å². The lowest BCUT2D eigenvalue weighted by Gasteiger charge is -2.32. The summed E-state index contributed by atoms with van der Waals surface area (Å²) in [6.45, 7) is 7.69. The first-order valence-corrected chi connectivity index (χ1v) is 10.00. The summed E-state index contributed by atoms with van der Waals surface area (Å²) >= 11 is 0. The third-order valence-electron chi connectivity index (χ3n) is 5.17. The van der Waals surface area contributed by atoms with Crippen LogP contribution in [0.5, 0.6) is 0 Å². The van der Waals surface area contributed by atoms with Gasteiger partial charge in [-0.1, -0.05) is 19.0 Å². The Morgan fingerprint density at radius 3 is 2.86 bits per heavy atom. The zero-order chi connectivity index (χ0) is 20.1. The monoisotopic (exact) mass is 387 g/mol. The molecule has 0 radical (unpaired) electrons. The van der Waals surface area contributed by atoms with Crippen LogP contribution in [0.15, 0.2) is 27.1 Å². The van der Waals surface area contributed by atoms with Gasteiger partial charge in [0.25, 0.3) is 5.91 Å². The van der Waals surface area contributed by atoms with Crippen LogP contribution in [0.1, 0.15) is 73.2 Å². The predicted octanol–water partition coefficient (Wildman–Crippen LogP) is 3.65. The van der Waals surface area contributed by atoms with E-state index in [9.17, 15) is 9.59 Å². The van der Waals surface area contributed by atoms with E-state index in [1.165, 1.54) is 0 Å². The van der Waals surface area contributed by atoms with Gasteiger partial charge in [-0.05, 0) is 50.2 Å². The third kappa shape index (κ3) is 5.24. The molecule has 3 rings (SSSR count). The Hall–Kier alpha value is -2.57. The molecule has 3 heterocycles. The molecule has 2 aromatic heterocycles. The molecule has 1 unspecified atom stereocenters. The number of nitrogens with zero attached hydrogens (tertiary/aromatic N) is 2. The second-order valence-corrected chi connectivity index (χ2v) is 7.86. The zero-order valence-electron chi connectivity index (χ0n) is 16.9. The Morgan fingerprint density at radius 2 is 2.18 bits per heavy atom. The zero-order valence-corrected chi connectivity index (χ0v) is 16.9. The van der Waals surface area contributed by atoms with Crippen LogP contribution in [0.3, 0.4) is 0 Å². The van der Waals surface area contributed by atoms with Crippen molar-refractivity contribution in [1.82, 2.24) is 15.4 Å². The highest BCUT2D eigenvalue weighted by Gasteiger charge is 2.27. The summed E-state index contributed by atoms with van der Waals surface area (Å²) in [5, 5.41) is 6.86. The lowest BCUT2D eigenvalue weighted by atomic mass is 9.93. The summed E-state index contributed by atoms with van der Waals surface area (Å²) in [6, 6.07) is 5.49. The van der Waals surface area contributed by atoms with E-state index in [0.717, 1.165) is 43.0 Å². The van der Waals surface area contributed by atoms with Gasteiger partial charge in [-0.25, -0.2) is 0 Å². The molecule has 1 saturated heterocycles. The molecule has 0 spiro atoms. The van der Waals surface area contributed by atoms with Gasteiger partial charge in [0.05, 0.1) is 12.2 Å². The van der Waals surface area contributed by atoms with E-state index < -0.39 is 0 Å². The molecule has 2 aromatic rings. The number of hydrogen-bond donors (Lipinski definition) is 1. The molecule has 1 aliphatic heterocycles. The minimum Gasteiger partial charge on any atom is -0.465 e. The van der Waals surface area contributed by atoms with Gasteiger partial charge < -0.3 is 19.2 Å². The van der Waals surface area contributed by atoms with Gasteiger partial charge in [0.15, 0.2) is 0 Å². The first kappa shape index (κ1) is 20.2. The second kappa shape index (κ2) is 9.08. The lowest BCUT2D eigenvalue weighted by molar-refractivity contribution is -0.121. The van der Waals surface area contributed by atoms with Crippen molar-refractivity contribution in [2.24, 2.45) is 5.92 Å². The molecule has 2 amide bonds. The Bertz CT molecular complexity index is 808. The fourth-order valence-electron chi connectivity index (χ4n) is 3.49. The highest BCUT2D eigenvalue weighted by molar-refractivity contribution is 5.91. The number of likely N-dealkylation sites (tertiary alicyclic amines) is 1. The summed E-state index contributed by atoms with van der Waals surface area (Å²) in [5.41, 5.74) is 0.792. The number of rotatable bonds is 7. The van der Waals surface area contributed by atoms with Crippen molar-refractivity contribution in [3.05, 3.63) is 41.2 Å². The van der Waals surface area contributed by atoms with E-state index in [2.05, 4.69) is 10.5 Å². The smallest absolute Gasteiger partial charge is 0.292 e. The Kier molecular flexibility index (Phi) is 6.54. The van der Waals surface area contributed by atoms with Crippen molar-refractivity contribution >= 4 is 11.8 Å². The maximum atomic E-state index is 12.7. The van der Waals surface area contributed by atoms with Crippen LogP contribution in [0.25, 0.3) is 0 Å². The number of nitrogens with one attached hydrogen (secondary N) is 1. The number of amides is 2. The quantitative estimate of drug-likeness (QED) is 0.783. The fraction of sp³-hybridized carbons (Fsp3) is 0.571. The van der Waals surface area contributed by atoms with Gasteiger partial charge in [-0.15, -0.1) is 0 Å². The number of carbonyl (C=O) groups excluding carboxylic acids is 2. The molecule has 7 nitrogen and oxygen atoms in total. The first-order valence-electron chi connectivity index (χ1n) is 10.00. The normalized spacial score (nSPS) is 17.1. The van der Waals surface area contributed by atoms with Crippen molar-refractivity contribution in [2.45, 2.75) is 58.9 Å². The van der Waals surface area contributed by atoms with Gasteiger partial charge in [0.2, 0.25) is 11.7 Å². The van der Waals surface area contributed by atoms with Crippen molar-refractivity contribution in [1.29, 1.82) is 0 Å². The molecule has 0 saturated carbocycles. The molecular weight excluding hydrogens is 358 g/mol. The van der Waals surface area contributed by atoms with Crippen molar-refractivity contribution in [2.75, 3.05) is 13.1 Å². The molecule has 28 heavy (non-hydrogen) atoms. The Labute approximate surface area is 165 Å². The van der Waals surface area contributed by atoms with Crippen LogP contribution >= 0.6 is 0 Å². The van der Waals surface area contributed by atoms with Crippen LogP contribution in [-0.2, 0) is 11.3 Å². The maximum Gasteiger partial charge on any atom is 0.292 e. The predicted molar refractivity (Wildman–Crippen MR) is 104 cm³/mol. The highest BCUT2D eigenvalue weighted by atomic mass is 16.5. The summed E-state index contributed by atoms with van der Waals surface area (Å²) < 4.78 is 10.7. The van der Waals surface area contributed by atoms with Crippen LogP contribution < -0.4 is 5.32 Å². The number of piperidine rings is 1. The fourth-order valence-corrected chi connectivity index (χ4v) is 3.49. The number of hydrogen-bond acceptors (Lipinski definition) is 5. The van der Waals surface area contributed by atoms with Gasteiger partial charge in [0, 0.05) is 25.6 Å². The number of aromatic nitrogens is 1. The molecule has 1 atom stereocenters. The van der Waals surface area contributed by atoms with Crippen molar-refractivity contribution < 1.29 is 18.5 Å². The van der Waals surface area contributed by atoms with Gasteiger partial charge in [0.1, 0.15) is 11.5 Å². The summed E-state index contributed by atoms with van der Waals surface area (Å²) in [7, 11) is 0. The summed E-state index contributed by atoms with van der Waals surface area (Å²) in [5.74, 6) is 2.34. The number of carbonyl (C=O) groups is 2. The SMILES string of the molecule is Cc1ccc(CNC(=O)CCC2CCCN(C(=O)c3cc(C(C)C)no3)C2)o1. The van der Waals surface area contributed by atoms with Crippen LogP contribution in [0, 0.1) is 12.8 Å². The molecule has 0 aromatic carbocycles. The average Bonchev–Trinajstić information content (AvgIpc) is 3.33. The molecule has 152 valence electrons. The molecule has 0 aliphatic carbocycles. The van der Waals surface area contributed by atoms with E-state index in [1.54, 1.807) is 6.07 Å². The van der Waals surface area contributed by atoms with E-state index >= 15 is 0 Å². The summed E-state index contributed by atoms with van der Waals surface area (Å²) in [6.07, 6.45) is 3.18. The number of furan rings is 1. The largest absolute Gasteiger partial charge is 0.465 e. The maximum absolute atomic E-state index is 12.7. The van der Waals surface area contributed by atoms with Gasteiger partial charge in [-0.3, -0.25) is 9.59 Å². The second-order valence-electron chi connectivity index (χ2n) is 7.86. The van der Waals surface area contributed by atoms with E-state index in [4.69, 9.17) is 8.94 Å². The lowest BCUT2D eigenvalue weighted by Crippen LogP contribution is -2.40. The first-order chi connectivity index (χ1) is 13.4. The number of aryl methyl sites for hydroxylation is 1. The Balaban J connectivity index is 1.45. The van der Waals surface area contributed by atoms with E-state index in [0.29, 0.717) is 31.2 Å². The van der Waals surface area contributed by atoms with E-state index in [1.807, 2.05) is 37.8 Å². The topological polar surface area (TPSA) is 88.6 Å².